The molecule has 186 valence electrons. The molecule has 4 atom stereocenters. The fourth-order valence-electron chi connectivity index (χ4n) is 5.46. The van der Waals surface area contributed by atoms with Crippen LogP contribution >= 0.6 is 48.8 Å². The SMILES string of the molecule is Cl.Cl.Cl.O=C1C2C3C=CC(C3)C2S(=O)(=O)N1CCCCN1CCN(c2cncc(Cl)n2)CC1. The summed E-state index contributed by atoms with van der Waals surface area (Å²) < 4.78 is 27.0. The van der Waals surface area contributed by atoms with E-state index in [4.69, 9.17) is 11.6 Å². The smallest absolute Gasteiger partial charge is 0.241 e. The van der Waals surface area contributed by atoms with E-state index in [1.165, 1.54) is 10.5 Å². The number of carbonyl (C=O) groups excluding carboxylic acids is 1. The lowest BCUT2D eigenvalue weighted by Gasteiger charge is -2.35. The third-order valence-corrected chi connectivity index (χ3v) is 9.43. The van der Waals surface area contributed by atoms with Gasteiger partial charge in [-0.1, -0.05) is 23.8 Å². The van der Waals surface area contributed by atoms with E-state index < -0.39 is 15.3 Å². The molecule has 1 aromatic heterocycles. The summed E-state index contributed by atoms with van der Waals surface area (Å²) in [5.41, 5.74) is 0. The van der Waals surface area contributed by atoms with Crippen molar-refractivity contribution in [2.45, 2.75) is 24.5 Å². The van der Waals surface area contributed by atoms with Crippen molar-refractivity contribution in [3.63, 3.8) is 0 Å². The number of piperazine rings is 1. The van der Waals surface area contributed by atoms with E-state index in [0.717, 1.165) is 51.4 Å². The Balaban J connectivity index is 0.00000128. The van der Waals surface area contributed by atoms with Crippen LogP contribution in [-0.4, -0.2) is 78.0 Å². The van der Waals surface area contributed by atoms with Crippen LogP contribution < -0.4 is 4.90 Å². The Hall–Kier alpha value is -0.840. The minimum absolute atomic E-state index is 0. The second-order valence-electron chi connectivity index (χ2n) is 8.63. The number of hydrogen-bond acceptors (Lipinski definition) is 7. The monoisotopic (exact) mass is 559 g/mol. The Labute approximate surface area is 218 Å². The molecule has 2 bridgehead atoms. The second-order valence-corrected chi connectivity index (χ2v) is 11.0. The van der Waals surface area contributed by atoms with Crippen molar-refractivity contribution in [1.82, 2.24) is 19.2 Å². The first-order valence-corrected chi connectivity index (χ1v) is 12.5. The highest BCUT2D eigenvalue weighted by Gasteiger charge is 2.62. The lowest BCUT2D eigenvalue weighted by atomic mass is 9.92. The van der Waals surface area contributed by atoms with Gasteiger partial charge in [-0.25, -0.2) is 17.7 Å². The van der Waals surface area contributed by atoms with Crippen molar-refractivity contribution < 1.29 is 13.2 Å². The molecule has 4 unspecified atom stereocenters. The van der Waals surface area contributed by atoms with Gasteiger partial charge in [0.2, 0.25) is 15.9 Å². The topological polar surface area (TPSA) is 86.7 Å². The van der Waals surface area contributed by atoms with Crippen LogP contribution in [0.4, 0.5) is 5.82 Å². The molecule has 4 aliphatic rings. The minimum atomic E-state index is -3.50. The average molecular weight is 561 g/mol. The van der Waals surface area contributed by atoms with Gasteiger partial charge in [0.1, 0.15) is 11.0 Å². The molecule has 1 saturated carbocycles. The molecule has 1 aromatic rings. The fourth-order valence-corrected chi connectivity index (χ4v) is 7.98. The van der Waals surface area contributed by atoms with E-state index in [-0.39, 0.29) is 60.9 Å². The standard InChI is InChI=1S/C20H26ClN5O3S.3ClH/c21-16-12-22-13-17(23-16)25-9-7-24(8-10-25)5-1-2-6-26-20(27)18-14-3-4-15(11-14)19(18)30(26,28)29;;;/h3-4,12-15,18-19H,1-2,5-11H2;3*1H. The first-order chi connectivity index (χ1) is 14.4. The molecule has 0 spiro atoms. The van der Waals surface area contributed by atoms with Gasteiger partial charge in [-0.2, -0.15) is 0 Å². The van der Waals surface area contributed by atoms with Crippen LogP contribution in [0.1, 0.15) is 19.3 Å². The van der Waals surface area contributed by atoms with E-state index in [9.17, 15) is 13.2 Å². The molecule has 8 nitrogen and oxygen atoms in total. The summed E-state index contributed by atoms with van der Waals surface area (Å²) in [6, 6.07) is 0. The van der Waals surface area contributed by atoms with E-state index in [1.54, 1.807) is 6.20 Å². The van der Waals surface area contributed by atoms with Gasteiger partial charge < -0.3 is 4.90 Å². The second kappa shape index (κ2) is 11.3. The number of anilines is 1. The summed E-state index contributed by atoms with van der Waals surface area (Å²) in [5.74, 6) is 0.432. The summed E-state index contributed by atoms with van der Waals surface area (Å²) in [7, 11) is -3.50. The first kappa shape index (κ1) is 28.4. The molecular formula is C20H29Cl4N5O3S. The predicted octanol–water partition coefficient (Wildman–Crippen LogP) is 2.66. The largest absolute Gasteiger partial charge is 0.353 e. The molecule has 5 rings (SSSR count). The van der Waals surface area contributed by atoms with Crippen molar-refractivity contribution in [2.24, 2.45) is 17.8 Å². The molecular weight excluding hydrogens is 532 g/mol. The van der Waals surface area contributed by atoms with Crippen LogP contribution in [0.3, 0.4) is 0 Å². The summed E-state index contributed by atoms with van der Waals surface area (Å²) in [6.07, 6.45) is 9.68. The maximum atomic E-state index is 12.9. The number of hydrogen-bond donors (Lipinski definition) is 0. The quantitative estimate of drug-likeness (QED) is 0.390. The van der Waals surface area contributed by atoms with E-state index in [2.05, 4.69) is 19.8 Å². The maximum absolute atomic E-state index is 12.9. The van der Waals surface area contributed by atoms with E-state index >= 15 is 0 Å². The highest BCUT2D eigenvalue weighted by molar-refractivity contribution is 7.90. The molecule has 3 fully saturated rings. The number of sulfonamides is 1. The molecule has 3 heterocycles. The Morgan fingerprint density at radius 1 is 0.970 bits per heavy atom. The minimum Gasteiger partial charge on any atom is -0.353 e. The third kappa shape index (κ3) is 5.23. The summed E-state index contributed by atoms with van der Waals surface area (Å²) >= 11 is 5.93. The first-order valence-electron chi connectivity index (χ1n) is 10.6. The molecule has 1 amide bonds. The van der Waals surface area contributed by atoms with Crippen LogP contribution in [0.2, 0.25) is 5.15 Å². The molecule has 13 heteroatoms. The van der Waals surface area contributed by atoms with Gasteiger partial charge in [0.25, 0.3) is 0 Å². The third-order valence-electron chi connectivity index (χ3n) is 6.94. The zero-order chi connectivity index (χ0) is 20.9. The number of halogens is 4. The van der Waals surface area contributed by atoms with Crippen molar-refractivity contribution in [3.05, 3.63) is 29.7 Å². The van der Waals surface area contributed by atoms with E-state index in [0.29, 0.717) is 18.1 Å². The number of allylic oxidation sites excluding steroid dienone is 2. The number of fused-ring (bicyclic) bond motifs is 5. The summed E-state index contributed by atoms with van der Waals surface area (Å²) in [5, 5.41) is -0.114. The van der Waals surface area contributed by atoms with Gasteiger partial charge in [0.15, 0.2) is 0 Å². The lowest BCUT2D eigenvalue weighted by molar-refractivity contribution is -0.129. The molecule has 2 saturated heterocycles. The molecule has 0 aromatic carbocycles. The Morgan fingerprint density at radius 3 is 2.30 bits per heavy atom. The molecule has 2 aliphatic heterocycles. The van der Waals surface area contributed by atoms with Crippen molar-refractivity contribution in [1.29, 1.82) is 0 Å². The number of amides is 1. The molecule has 0 radical (unpaired) electrons. The fraction of sp³-hybridized carbons (Fsp3) is 0.650. The van der Waals surface area contributed by atoms with Crippen LogP contribution in [-0.2, 0) is 14.8 Å². The van der Waals surface area contributed by atoms with Gasteiger partial charge in [-0.15, -0.1) is 37.2 Å². The number of unbranched alkanes of at least 4 members (excludes halogenated alkanes) is 1. The van der Waals surface area contributed by atoms with Crippen LogP contribution in [0.15, 0.2) is 24.5 Å². The molecule has 0 N–H and O–H groups in total. The van der Waals surface area contributed by atoms with Gasteiger partial charge in [0.05, 0.1) is 23.6 Å². The number of rotatable bonds is 6. The lowest BCUT2D eigenvalue weighted by Crippen LogP contribution is -2.47. The van der Waals surface area contributed by atoms with Crippen molar-refractivity contribution in [3.8, 4) is 0 Å². The van der Waals surface area contributed by atoms with Crippen LogP contribution in [0, 0.1) is 17.8 Å². The Kier molecular flexibility index (Phi) is 9.69. The normalized spacial score (nSPS) is 29.3. The predicted molar refractivity (Wildman–Crippen MR) is 135 cm³/mol. The van der Waals surface area contributed by atoms with Crippen LogP contribution in [0.5, 0.6) is 0 Å². The van der Waals surface area contributed by atoms with Crippen molar-refractivity contribution >= 4 is 70.6 Å². The molecule has 2 aliphatic carbocycles. The van der Waals surface area contributed by atoms with Gasteiger partial charge >= 0.3 is 0 Å². The maximum Gasteiger partial charge on any atom is 0.241 e. The van der Waals surface area contributed by atoms with Gasteiger partial charge in [-0.05, 0) is 37.6 Å². The zero-order valence-corrected chi connectivity index (χ0v) is 22.0. The van der Waals surface area contributed by atoms with Gasteiger partial charge in [0, 0.05) is 32.7 Å². The highest BCUT2D eigenvalue weighted by Crippen LogP contribution is 2.52. The Bertz CT molecular complexity index is 974. The van der Waals surface area contributed by atoms with Crippen LogP contribution in [0.25, 0.3) is 0 Å². The van der Waals surface area contributed by atoms with Gasteiger partial charge in [-0.3, -0.25) is 14.7 Å². The number of aromatic nitrogens is 2. The summed E-state index contributed by atoms with van der Waals surface area (Å²) in [6.45, 7) is 4.74. The highest BCUT2D eigenvalue weighted by atomic mass is 35.5. The average Bonchev–Trinajstić information content (AvgIpc) is 3.40. The van der Waals surface area contributed by atoms with Crippen molar-refractivity contribution in [2.75, 3.05) is 44.2 Å². The summed E-state index contributed by atoms with van der Waals surface area (Å²) in [4.78, 5) is 25.7. The van der Waals surface area contributed by atoms with E-state index in [1.807, 2.05) is 12.2 Å². The number of carbonyl (C=O) groups is 1. The Morgan fingerprint density at radius 2 is 1.64 bits per heavy atom. The zero-order valence-electron chi connectivity index (χ0n) is 18.0. The molecule has 33 heavy (non-hydrogen) atoms. The number of nitrogens with zero attached hydrogens (tertiary/aromatic N) is 5.